The summed E-state index contributed by atoms with van der Waals surface area (Å²) in [7, 11) is 1.91. The van der Waals surface area contributed by atoms with E-state index in [0.29, 0.717) is 5.69 Å². The Bertz CT molecular complexity index is 559. The Kier molecular flexibility index (Phi) is 3.49. The summed E-state index contributed by atoms with van der Waals surface area (Å²) in [5, 5.41) is 12.4. The molecule has 94 valence electrons. The average molecular weight is 243 g/mol. The first kappa shape index (κ1) is 12.4. The summed E-state index contributed by atoms with van der Waals surface area (Å²) in [5.74, 6) is 0.920. The highest BCUT2D eigenvalue weighted by Crippen LogP contribution is 2.14. The molecule has 18 heavy (non-hydrogen) atoms. The Labute approximate surface area is 106 Å². The quantitative estimate of drug-likeness (QED) is 0.860. The molecule has 5 heteroatoms. The van der Waals surface area contributed by atoms with Crippen molar-refractivity contribution in [2.45, 2.75) is 26.4 Å². The van der Waals surface area contributed by atoms with E-state index in [-0.39, 0.29) is 6.04 Å². The fourth-order valence-electron chi connectivity index (χ4n) is 1.92. The number of aromatic nitrogens is 3. The first-order valence-corrected chi connectivity index (χ1v) is 5.91. The van der Waals surface area contributed by atoms with Crippen LogP contribution in [0.15, 0.2) is 18.5 Å². The summed E-state index contributed by atoms with van der Waals surface area (Å²) >= 11 is 0. The van der Waals surface area contributed by atoms with Gasteiger partial charge >= 0.3 is 0 Å². The Morgan fingerprint density at radius 1 is 1.61 bits per heavy atom. The number of hydrogen-bond acceptors (Lipinski definition) is 3. The zero-order chi connectivity index (χ0) is 13.1. The van der Waals surface area contributed by atoms with Gasteiger partial charge in [0.1, 0.15) is 17.6 Å². The summed E-state index contributed by atoms with van der Waals surface area (Å²) in [5.41, 5.74) is 2.95. The van der Waals surface area contributed by atoms with E-state index < -0.39 is 0 Å². The van der Waals surface area contributed by atoms with Crippen LogP contribution in [0, 0.1) is 18.3 Å². The summed E-state index contributed by atoms with van der Waals surface area (Å²) in [6.07, 6.45) is 3.56. The number of nitrogens with zero attached hydrogens (tertiary/aromatic N) is 3. The summed E-state index contributed by atoms with van der Waals surface area (Å²) in [4.78, 5) is 7.30. The Hall–Kier alpha value is -2.06. The van der Waals surface area contributed by atoms with Crippen LogP contribution in [0.2, 0.25) is 0 Å². The van der Waals surface area contributed by atoms with Crippen molar-refractivity contribution in [2.24, 2.45) is 7.05 Å². The van der Waals surface area contributed by atoms with E-state index in [0.717, 1.165) is 23.6 Å². The lowest BCUT2D eigenvalue weighted by Crippen LogP contribution is -2.19. The topological polar surface area (TPSA) is 69.4 Å². The third-order valence-electron chi connectivity index (χ3n) is 3.28. The van der Waals surface area contributed by atoms with Gasteiger partial charge < -0.3 is 14.9 Å². The van der Waals surface area contributed by atoms with Crippen LogP contribution in [0.3, 0.4) is 0 Å². The average Bonchev–Trinajstić information content (AvgIpc) is 2.98. The number of nitrogens with one attached hydrogen (secondary N) is 2. The molecule has 0 fully saturated rings. The van der Waals surface area contributed by atoms with E-state index in [1.807, 2.05) is 30.8 Å². The van der Waals surface area contributed by atoms with Crippen molar-refractivity contribution in [3.05, 3.63) is 41.2 Å². The molecule has 0 aromatic carbocycles. The smallest absolute Gasteiger partial charge is 0.122 e. The van der Waals surface area contributed by atoms with Crippen LogP contribution in [0.1, 0.15) is 35.7 Å². The number of imidazole rings is 1. The van der Waals surface area contributed by atoms with Crippen molar-refractivity contribution >= 4 is 0 Å². The van der Waals surface area contributed by atoms with Gasteiger partial charge in [-0.3, -0.25) is 0 Å². The zero-order valence-electron chi connectivity index (χ0n) is 10.9. The molecular formula is C13H17N5. The second-order valence-corrected chi connectivity index (χ2v) is 4.39. The van der Waals surface area contributed by atoms with Gasteiger partial charge in [-0.15, -0.1) is 0 Å². The number of aromatic amines is 1. The lowest BCUT2D eigenvalue weighted by atomic mass is 10.2. The Morgan fingerprint density at radius 3 is 2.94 bits per heavy atom. The van der Waals surface area contributed by atoms with Crippen molar-refractivity contribution in [1.29, 1.82) is 5.26 Å². The molecule has 5 nitrogen and oxygen atoms in total. The fraction of sp³-hybridized carbons (Fsp3) is 0.385. The van der Waals surface area contributed by atoms with E-state index in [1.165, 1.54) is 0 Å². The largest absolute Gasteiger partial charge is 0.347 e. The normalized spacial score (nSPS) is 12.3. The standard InChI is InChI=1S/C13H17N5/c1-9(13-15-4-5-16-13)17-8-11-6-12(7-14)18(3)10(11)2/h4-6,9,17H,8H2,1-3H3,(H,15,16). The zero-order valence-corrected chi connectivity index (χ0v) is 10.9. The highest BCUT2D eigenvalue weighted by Gasteiger charge is 2.11. The number of nitriles is 1. The monoisotopic (exact) mass is 243 g/mol. The van der Waals surface area contributed by atoms with Crippen molar-refractivity contribution in [1.82, 2.24) is 19.9 Å². The molecule has 1 unspecified atom stereocenters. The molecule has 0 bridgehead atoms. The molecule has 0 aliphatic rings. The first-order chi connectivity index (χ1) is 8.63. The molecule has 2 aromatic heterocycles. The fourth-order valence-corrected chi connectivity index (χ4v) is 1.92. The first-order valence-electron chi connectivity index (χ1n) is 5.91. The van der Waals surface area contributed by atoms with Crippen LogP contribution in [-0.2, 0) is 13.6 Å². The molecule has 2 heterocycles. The Morgan fingerprint density at radius 2 is 2.39 bits per heavy atom. The maximum Gasteiger partial charge on any atom is 0.122 e. The van der Waals surface area contributed by atoms with E-state index in [4.69, 9.17) is 5.26 Å². The number of H-pyrrole nitrogens is 1. The number of hydrogen-bond donors (Lipinski definition) is 2. The van der Waals surface area contributed by atoms with Crippen LogP contribution in [-0.4, -0.2) is 14.5 Å². The molecule has 0 saturated carbocycles. The van der Waals surface area contributed by atoms with Crippen molar-refractivity contribution in [2.75, 3.05) is 0 Å². The van der Waals surface area contributed by atoms with Gasteiger partial charge in [-0.05, 0) is 25.5 Å². The van der Waals surface area contributed by atoms with E-state index >= 15 is 0 Å². The molecule has 0 amide bonds. The molecule has 0 spiro atoms. The van der Waals surface area contributed by atoms with Crippen LogP contribution >= 0.6 is 0 Å². The van der Waals surface area contributed by atoms with Gasteiger partial charge in [0.2, 0.25) is 0 Å². The van der Waals surface area contributed by atoms with Gasteiger partial charge in [-0.25, -0.2) is 4.98 Å². The van der Waals surface area contributed by atoms with Gasteiger partial charge in [0.25, 0.3) is 0 Å². The molecule has 0 radical (unpaired) electrons. The van der Waals surface area contributed by atoms with Gasteiger partial charge in [-0.1, -0.05) is 0 Å². The van der Waals surface area contributed by atoms with Crippen LogP contribution in [0.25, 0.3) is 0 Å². The lowest BCUT2D eigenvalue weighted by molar-refractivity contribution is 0.549. The highest BCUT2D eigenvalue weighted by atomic mass is 15.0. The van der Waals surface area contributed by atoms with E-state index in [9.17, 15) is 0 Å². The number of rotatable bonds is 4. The highest BCUT2D eigenvalue weighted by molar-refractivity contribution is 5.34. The van der Waals surface area contributed by atoms with Crippen molar-refractivity contribution < 1.29 is 0 Å². The maximum absolute atomic E-state index is 8.98. The lowest BCUT2D eigenvalue weighted by Gasteiger charge is -2.11. The second-order valence-electron chi connectivity index (χ2n) is 4.39. The third-order valence-corrected chi connectivity index (χ3v) is 3.28. The van der Waals surface area contributed by atoms with Gasteiger partial charge in [0.15, 0.2) is 0 Å². The van der Waals surface area contributed by atoms with E-state index in [1.54, 1.807) is 6.20 Å². The minimum absolute atomic E-state index is 0.158. The maximum atomic E-state index is 8.98. The summed E-state index contributed by atoms with van der Waals surface area (Å²) < 4.78 is 1.91. The van der Waals surface area contributed by atoms with Crippen LogP contribution in [0.4, 0.5) is 0 Å². The Balaban J connectivity index is 2.05. The molecule has 0 aliphatic carbocycles. The van der Waals surface area contributed by atoms with Crippen LogP contribution < -0.4 is 5.32 Å². The van der Waals surface area contributed by atoms with Gasteiger partial charge in [0.05, 0.1) is 6.04 Å². The predicted molar refractivity (Wildman–Crippen MR) is 68.7 cm³/mol. The molecule has 2 aromatic rings. The van der Waals surface area contributed by atoms with Gasteiger partial charge in [0, 0.05) is 31.7 Å². The predicted octanol–water partition coefficient (Wildman–Crippen LogP) is 1.78. The van der Waals surface area contributed by atoms with Crippen molar-refractivity contribution in [3.8, 4) is 6.07 Å². The molecule has 2 N–H and O–H groups in total. The van der Waals surface area contributed by atoms with Gasteiger partial charge in [-0.2, -0.15) is 5.26 Å². The van der Waals surface area contributed by atoms with E-state index in [2.05, 4.69) is 28.3 Å². The molecular weight excluding hydrogens is 226 g/mol. The SMILES string of the molecule is Cc1c(CNC(C)c2ncc[nH]2)cc(C#N)n1C. The summed E-state index contributed by atoms with van der Waals surface area (Å²) in [6.45, 7) is 4.81. The molecule has 0 saturated heterocycles. The minimum Gasteiger partial charge on any atom is -0.347 e. The summed E-state index contributed by atoms with van der Waals surface area (Å²) in [6, 6.07) is 4.27. The third kappa shape index (κ3) is 2.29. The second kappa shape index (κ2) is 5.07. The minimum atomic E-state index is 0.158. The molecule has 0 aliphatic heterocycles. The molecule has 1 atom stereocenters. The van der Waals surface area contributed by atoms with Crippen molar-refractivity contribution in [3.63, 3.8) is 0 Å². The van der Waals surface area contributed by atoms with Crippen LogP contribution in [0.5, 0.6) is 0 Å². The molecule has 2 rings (SSSR count).